The van der Waals surface area contributed by atoms with E-state index in [9.17, 15) is 4.79 Å². The van der Waals surface area contributed by atoms with E-state index in [1.165, 1.54) is 11.3 Å². The van der Waals surface area contributed by atoms with Crippen LogP contribution in [0.4, 0.5) is 0 Å². The molecule has 0 bridgehead atoms. The Morgan fingerprint density at radius 3 is 3.00 bits per heavy atom. The van der Waals surface area contributed by atoms with E-state index in [1.54, 1.807) is 19.9 Å². The van der Waals surface area contributed by atoms with Crippen LogP contribution in [0.2, 0.25) is 0 Å². The smallest absolute Gasteiger partial charge is 0.339 e. The number of carbonyl (C=O) groups excluding carboxylic acids is 1. The summed E-state index contributed by atoms with van der Waals surface area (Å²) in [5.41, 5.74) is 2.81. The van der Waals surface area contributed by atoms with Crippen LogP contribution in [-0.4, -0.2) is 22.7 Å². The number of nitrogens with zero attached hydrogens (tertiary/aromatic N) is 2. The van der Waals surface area contributed by atoms with Gasteiger partial charge in [0.05, 0.1) is 27.2 Å². The van der Waals surface area contributed by atoms with Gasteiger partial charge in [0.2, 0.25) is 0 Å². The van der Waals surface area contributed by atoms with E-state index in [4.69, 9.17) is 9.26 Å². The lowest BCUT2D eigenvalue weighted by atomic mass is 10.1. The molecule has 112 valence electrons. The van der Waals surface area contributed by atoms with Crippen molar-refractivity contribution in [2.45, 2.75) is 13.8 Å². The molecule has 0 aliphatic heterocycles. The van der Waals surface area contributed by atoms with Gasteiger partial charge in [0.15, 0.2) is 0 Å². The van der Waals surface area contributed by atoms with Gasteiger partial charge in [0.1, 0.15) is 6.61 Å². The number of aromatic nitrogens is 2. The lowest BCUT2D eigenvalue weighted by molar-refractivity contribution is 0.0542. The molecule has 6 heteroatoms. The molecule has 0 saturated carbocycles. The number of rotatable bonds is 4. The Balaban J connectivity index is 2.11. The summed E-state index contributed by atoms with van der Waals surface area (Å²) < 4.78 is 10.5. The van der Waals surface area contributed by atoms with Crippen molar-refractivity contribution < 1.29 is 14.1 Å². The van der Waals surface area contributed by atoms with E-state index in [0.717, 1.165) is 10.5 Å². The van der Waals surface area contributed by atoms with Gasteiger partial charge >= 0.3 is 5.97 Å². The van der Waals surface area contributed by atoms with E-state index >= 15 is 0 Å². The van der Waals surface area contributed by atoms with Gasteiger partial charge in [0, 0.05) is 0 Å². The van der Waals surface area contributed by atoms with Crippen LogP contribution in [0.5, 0.6) is 0 Å². The summed E-state index contributed by atoms with van der Waals surface area (Å²) in [4.78, 5) is 17.8. The van der Waals surface area contributed by atoms with Crippen LogP contribution in [0.1, 0.15) is 23.0 Å². The van der Waals surface area contributed by atoms with Gasteiger partial charge in [0.25, 0.3) is 5.71 Å². The maximum Gasteiger partial charge on any atom is 0.339 e. The van der Waals surface area contributed by atoms with E-state index in [-0.39, 0.29) is 6.61 Å². The Morgan fingerprint density at radius 2 is 2.32 bits per heavy atom. The molecule has 3 aromatic rings. The zero-order chi connectivity index (χ0) is 15.7. The monoisotopic (exact) mass is 314 g/mol. The first-order valence-electron chi connectivity index (χ1n) is 6.68. The molecule has 0 fully saturated rings. The number of esters is 1. The van der Waals surface area contributed by atoms with Crippen LogP contribution in [0, 0.1) is 6.92 Å². The van der Waals surface area contributed by atoms with E-state index in [2.05, 4.69) is 16.7 Å². The molecular weight excluding hydrogens is 300 g/mol. The first kappa shape index (κ1) is 14.5. The maximum absolute atomic E-state index is 12.4. The van der Waals surface area contributed by atoms with Gasteiger partial charge in [-0.3, -0.25) is 0 Å². The second kappa shape index (κ2) is 5.73. The highest BCUT2D eigenvalue weighted by atomic mass is 32.1. The number of ether oxygens (including phenoxy) is 1. The Kier molecular flexibility index (Phi) is 3.77. The number of thiophene rings is 1. The fourth-order valence-electron chi connectivity index (χ4n) is 2.07. The SMILES string of the molecule is C=C(C)COC(=O)c1cc(-c2cccs2)nc2onc(C)c12. The topological polar surface area (TPSA) is 65.2 Å². The Bertz CT molecular complexity index is 850. The van der Waals surface area contributed by atoms with Crippen molar-refractivity contribution in [3.63, 3.8) is 0 Å². The van der Waals surface area contributed by atoms with Crippen LogP contribution in [0.3, 0.4) is 0 Å². The number of aryl methyl sites for hydroxylation is 1. The fraction of sp³-hybridized carbons (Fsp3) is 0.188. The number of fused-ring (bicyclic) bond motifs is 1. The predicted octanol–water partition coefficient (Wildman–Crippen LogP) is 3.99. The third-order valence-corrected chi connectivity index (χ3v) is 3.95. The van der Waals surface area contributed by atoms with E-state index in [1.807, 2.05) is 17.5 Å². The number of carbonyl (C=O) groups is 1. The molecule has 5 nitrogen and oxygen atoms in total. The van der Waals surface area contributed by atoms with Gasteiger partial charge in [-0.2, -0.15) is 0 Å². The molecule has 0 amide bonds. The summed E-state index contributed by atoms with van der Waals surface area (Å²) in [7, 11) is 0. The van der Waals surface area contributed by atoms with Crippen LogP contribution in [0.25, 0.3) is 21.7 Å². The molecule has 3 rings (SSSR count). The van der Waals surface area contributed by atoms with Crippen molar-refractivity contribution in [3.05, 3.63) is 47.0 Å². The van der Waals surface area contributed by atoms with Crippen molar-refractivity contribution in [1.82, 2.24) is 10.1 Å². The highest BCUT2D eigenvalue weighted by Gasteiger charge is 2.20. The van der Waals surface area contributed by atoms with Crippen LogP contribution in [-0.2, 0) is 4.74 Å². The highest BCUT2D eigenvalue weighted by Crippen LogP contribution is 2.29. The number of hydrogen-bond donors (Lipinski definition) is 0. The van der Waals surface area contributed by atoms with Crippen LogP contribution >= 0.6 is 11.3 Å². The summed E-state index contributed by atoms with van der Waals surface area (Å²) in [6.07, 6.45) is 0. The summed E-state index contributed by atoms with van der Waals surface area (Å²) in [5, 5.41) is 6.44. The first-order valence-corrected chi connectivity index (χ1v) is 7.56. The van der Waals surface area contributed by atoms with Crippen molar-refractivity contribution in [2.24, 2.45) is 0 Å². The Morgan fingerprint density at radius 1 is 1.50 bits per heavy atom. The van der Waals surface area contributed by atoms with Gasteiger partial charge in [-0.05, 0) is 36.9 Å². The van der Waals surface area contributed by atoms with Gasteiger partial charge in [-0.25, -0.2) is 9.78 Å². The molecule has 3 aromatic heterocycles. The van der Waals surface area contributed by atoms with Crippen molar-refractivity contribution >= 4 is 28.4 Å². The van der Waals surface area contributed by atoms with Gasteiger partial charge < -0.3 is 9.26 Å². The van der Waals surface area contributed by atoms with Gasteiger partial charge in [-0.15, -0.1) is 11.3 Å². The molecule has 0 spiro atoms. The molecule has 0 N–H and O–H groups in total. The molecule has 0 radical (unpaired) electrons. The van der Waals surface area contributed by atoms with Crippen molar-refractivity contribution in [3.8, 4) is 10.6 Å². The molecule has 0 atom stereocenters. The number of hydrogen-bond acceptors (Lipinski definition) is 6. The lowest BCUT2D eigenvalue weighted by Gasteiger charge is -2.06. The average molecular weight is 314 g/mol. The predicted molar refractivity (Wildman–Crippen MR) is 85.0 cm³/mol. The third kappa shape index (κ3) is 2.65. The Hall–Kier alpha value is -2.47. The fourth-order valence-corrected chi connectivity index (χ4v) is 2.76. The maximum atomic E-state index is 12.4. The molecule has 0 aromatic carbocycles. The summed E-state index contributed by atoms with van der Waals surface area (Å²) in [5.74, 6) is -0.431. The molecule has 0 aliphatic rings. The molecular formula is C16H14N2O3S. The van der Waals surface area contributed by atoms with Crippen molar-refractivity contribution in [1.29, 1.82) is 0 Å². The van der Waals surface area contributed by atoms with Crippen LogP contribution in [0.15, 0.2) is 40.3 Å². The number of pyridine rings is 1. The van der Waals surface area contributed by atoms with E-state index in [0.29, 0.717) is 28.1 Å². The zero-order valence-corrected chi connectivity index (χ0v) is 13.1. The average Bonchev–Trinajstić information content (AvgIpc) is 3.14. The molecule has 0 unspecified atom stereocenters. The largest absolute Gasteiger partial charge is 0.458 e. The quantitative estimate of drug-likeness (QED) is 0.538. The highest BCUT2D eigenvalue weighted by molar-refractivity contribution is 7.13. The minimum atomic E-state index is -0.431. The van der Waals surface area contributed by atoms with E-state index < -0.39 is 5.97 Å². The lowest BCUT2D eigenvalue weighted by Crippen LogP contribution is -2.08. The minimum Gasteiger partial charge on any atom is -0.458 e. The summed E-state index contributed by atoms with van der Waals surface area (Å²) in [6, 6.07) is 5.58. The second-order valence-corrected chi connectivity index (χ2v) is 5.96. The first-order chi connectivity index (χ1) is 10.6. The van der Waals surface area contributed by atoms with Crippen molar-refractivity contribution in [2.75, 3.05) is 6.61 Å². The van der Waals surface area contributed by atoms with Crippen LogP contribution < -0.4 is 0 Å². The molecule has 22 heavy (non-hydrogen) atoms. The second-order valence-electron chi connectivity index (χ2n) is 5.01. The normalized spacial score (nSPS) is 10.8. The molecule has 0 saturated heterocycles. The Labute approximate surface area is 131 Å². The third-order valence-electron chi connectivity index (χ3n) is 3.06. The van der Waals surface area contributed by atoms with Gasteiger partial charge in [-0.1, -0.05) is 17.8 Å². The zero-order valence-electron chi connectivity index (χ0n) is 12.3. The molecule has 3 heterocycles. The minimum absolute atomic E-state index is 0.182. The standard InChI is InChI=1S/C16H14N2O3S/c1-9(2)8-20-16(19)11-7-12(13-5-4-6-22-13)17-15-14(11)10(3)18-21-15/h4-7H,1,8H2,2-3H3. The molecule has 0 aliphatic carbocycles. The summed E-state index contributed by atoms with van der Waals surface area (Å²) in [6.45, 7) is 7.49. The summed E-state index contributed by atoms with van der Waals surface area (Å²) >= 11 is 1.54.